The van der Waals surface area contributed by atoms with Crippen molar-refractivity contribution in [2.75, 3.05) is 51.2 Å². The van der Waals surface area contributed by atoms with E-state index >= 15 is 0 Å². The van der Waals surface area contributed by atoms with Gasteiger partial charge in [-0.15, -0.1) is 0 Å². The van der Waals surface area contributed by atoms with Crippen LogP contribution in [-0.2, 0) is 0 Å². The van der Waals surface area contributed by atoms with E-state index in [2.05, 4.69) is 41.1 Å². The fourth-order valence-corrected chi connectivity index (χ4v) is 3.29. The van der Waals surface area contributed by atoms with Gasteiger partial charge in [-0.25, -0.2) is 0 Å². The fraction of sp³-hybridized carbons (Fsp3) is 0.450. The first-order valence-electron chi connectivity index (χ1n) is 8.89. The van der Waals surface area contributed by atoms with E-state index in [1.165, 1.54) is 5.69 Å². The number of anilines is 1. The van der Waals surface area contributed by atoms with Gasteiger partial charge < -0.3 is 14.2 Å². The smallest absolute Gasteiger partial charge is 0.257 e. The largest absolute Gasteiger partial charge is 0.466 e. The quantitative estimate of drug-likeness (QED) is 0.838. The lowest BCUT2D eigenvalue weighted by Crippen LogP contribution is -2.50. The highest BCUT2D eigenvalue weighted by Gasteiger charge is 2.24. The number of furan rings is 1. The van der Waals surface area contributed by atoms with Crippen molar-refractivity contribution in [2.45, 2.75) is 13.8 Å². The zero-order valence-electron chi connectivity index (χ0n) is 15.4. The van der Waals surface area contributed by atoms with Gasteiger partial charge in [-0.3, -0.25) is 9.69 Å². The van der Waals surface area contributed by atoms with E-state index in [0.29, 0.717) is 5.56 Å². The molecule has 0 atom stereocenters. The average Bonchev–Trinajstić information content (AvgIpc) is 2.98. The summed E-state index contributed by atoms with van der Waals surface area (Å²) in [6.07, 6.45) is 0. The molecule has 0 aliphatic carbocycles. The van der Waals surface area contributed by atoms with E-state index in [1.54, 1.807) is 0 Å². The number of carbonyl (C=O) groups excluding carboxylic acids is 1. The van der Waals surface area contributed by atoms with E-state index in [9.17, 15) is 4.79 Å². The molecule has 2 heterocycles. The number of hydrogen-bond acceptors (Lipinski definition) is 4. The summed E-state index contributed by atoms with van der Waals surface area (Å²) in [6, 6.07) is 12.3. The second-order valence-corrected chi connectivity index (χ2v) is 6.72. The molecule has 0 N–H and O–H groups in total. The second kappa shape index (κ2) is 7.74. The molecule has 134 valence electrons. The van der Waals surface area contributed by atoms with Gasteiger partial charge in [0.2, 0.25) is 0 Å². The van der Waals surface area contributed by atoms with Gasteiger partial charge in [0.05, 0.1) is 5.56 Å². The molecule has 5 heteroatoms. The lowest BCUT2D eigenvalue weighted by atomic mass is 10.2. The highest BCUT2D eigenvalue weighted by molar-refractivity contribution is 5.95. The molecule has 0 spiro atoms. The predicted octanol–water partition coefficient (Wildman–Crippen LogP) is 2.79. The standard InChI is InChI=1S/C20H27N3O2/c1-16-15-19(17(2)25-16)20(24)23-13-11-22(12-14-23)10-9-21(3)18-7-5-4-6-8-18/h4-8,15H,9-14H2,1-3H3. The SMILES string of the molecule is Cc1cc(C(=O)N2CCN(CCN(C)c3ccccc3)CC2)c(C)o1. The van der Waals surface area contributed by atoms with E-state index < -0.39 is 0 Å². The topological polar surface area (TPSA) is 39.9 Å². The maximum Gasteiger partial charge on any atom is 0.257 e. The molecule has 1 fully saturated rings. The van der Waals surface area contributed by atoms with Crippen LogP contribution in [0, 0.1) is 13.8 Å². The van der Waals surface area contributed by atoms with Crippen LogP contribution >= 0.6 is 0 Å². The molecule has 1 aromatic carbocycles. The van der Waals surface area contributed by atoms with Crippen LogP contribution in [0.2, 0.25) is 0 Å². The van der Waals surface area contributed by atoms with Gasteiger partial charge in [0.15, 0.2) is 0 Å². The molecule has 2 aromatic rings. The summed E-state index contributed by atoms with van der Waals surface area (Å²) in [5, 5.41) is 0. The van der Waals surface area contributed by atoms with E-state index in [1.807, 2.05) is 30.9 Å². The van der Waals surface area contributed by atoms with Gasteiger partial charge >= 0.3 is 0 Å². The molecule has 5 nitrogen and oxygen atoms in total. The molecule has 0 radical (unpaired) electrons. The maximum atomic E-state index is 12.6. The van der Waals surface area contributed by atoms with Crippen molar-refractivity contribution in [1.82, 2.24) is 9.80 Å². The Balaban J connectivity index is 1.47. The summed E-state index contributed by atoms with van der Waals surface area (Å²) in [5.41, 5.74) is 1.94. The summed E-state index contributed by atoms with van der Waals surface area (Å²) in [5.74, 6) is 1.60. The van der Waals surface area contributed by atoms with Crippen molar-refractivity contribution in [3.63, 3.8) is 0 Å². The Morgan fingerprint density at radius 3 is 2.40 bits per heavy atom. The summed E-state index contributed by atoms with van der Waals surface area (Å²) < 4.78 is 5.49. The molecule has 1 aliphatic heterocycles. The zero-order valence-corrected chi connectivity index (χ0v) is 15.4. The molecule has 0 saturated carbocycles. The van der Waals surface area contributed by atoms with Crippen LogP contribution in [0.4, 0.5) is 5.69 Å². The minimum atomic E-state index is 0.0930. The van der Waals surface area contributed by atoms with E-state index in [4.69, 9.17) is 4.42 Å². The van der Waals surface area contributed by atoms with Crippen molar-refractivity contribution < 1.29 is 9.21 Å². The van der Waals surface area contributed by atoms with Crippen LogP contribution in [0.3, 0.4) is 0 Å². The summed E-state index contributed by atoms with van der Waals surface area (Å²) in [7, 11) is 2.12. The third-order valence-corrected chi connectivity index (χ3v) is 4.88. The number of rotatable bonds is 5. The molecular formula is C20H27N3O2. The highest BCUT2D eigenvalue weighted by Crippen LogP contribution is 2.17. The number of carbonyl (C=O) groups is 1. The maximum absolute atomic E-state index is 12.6. The molecule has 1 amide bonds. The van der Waals surface area contributed by atoms with Gasteiger partial charge in [0, 0.05) is 52.0 Å². The third kappa shape index (κ3) is 4.23. The van der Waals surface area contributed by atoms with Crippen molar-refractivity contribution in [3.05, 3.63) is 53.5 Å². The first-order valence-corrected chi connectivity index (χ1v) is 8.89. The van der Waals surface area contributed by atoms with Crippen LogP contribution in [-0.4, -0.2) is 62.0 Å². The van der Waals surface area contributed by atoms with Crippen molar-refractivity contribution >= 4 is 11.6 Å². The third-order valence-electron chi connectivity index (χ3n) is 4.88. The van der Waals surface area contributed by atoms with Gasteiger partial charge in [0.1, 0.15) is 11.5 Å². The fourth-order valence-electron chi connectivity index (χ4n) is 3.29. The molecule has 1 aliphatic rings. The number of piperazine rings is 1. The Bertz CT molecular complexity index is 703. The lowest BCUT2D eigenvalue weighted by Gasteiger charge is -2.35. The summed E-state index contributed by atoms with van der Waals surface area (Å²) in [4.78, 5) is 19.3. The van der Waals surface area contributed by atoms with Crippen molar-refractivity contribution in [2.24, 2.45) is 0 Å². The summed E-state index contributed by atoms with van der Waals surface area (Å²) in [6.45, 7) is 9.12. The first-order chi connectivity index (χ1) is 12.0. The van der Waals surface area contributed by atoms with Crippen LogP contribution in [0.1, 0.15) is 21.9 Å². The van der Waals surface area contributed by atoms with Crippen molar-refractivity contribution in [3.8, 4) is 0 Å². The number of aryl methyl sites for hydroxylation is 2. The minimum absolute atomic E-state index is 0.0930. The molecule has 1 saturated heterocycles. The molecule has 3 rings (SSSR count). The van der Waals surface area contributed by atoms with Crippen LogP contribution in [0.25, 0.3) is 0 Å². The van der Waals surface area contributed by atoms with Gasteiger partial charge in [-0.05, 0) is 32.0 Å². The number of amides is 1. The Kier molecular flexibility index (Phi) is 5.43. The van der Waals surface area contributed by atoms with Gasteiger partial charge in [-0.2, -0.15) is 0 Å². The summed E-state index contributed by atoms with van der Waals surface area (Å²) >= 11 is 0. The number of nitrogens with zero attached hydrogens (tertiary/aromatic N) is 3. The average molecular weight is 341 g/mol. The first kappa shape index (κ1) is 17.5. The van der Waals surface area contributed by atoms with Crippen LogP contribution in [0.5, 0.6) is 0 Å². The normalized spacial score (nSPS) is 15.4. The molecular weight excluding hydrogens is 314 g/mol. The van der Waals surface area contributed by atoms with Crippen LogP contribution < -0.4 is 4.90 Å². The number of likely N-dealkylation sites (N-methyl/N-ethyl adjacent to an activating group) is 1. The minimum Gasteiger partial charge on any atom is -0.466 e. The van der Waals surface area contributed by atoms with Crippen LogP contribution in [0.15, 0.2) is 40.8 Å². The lowest BCUT2D eigenvalue weighted by molar-refractivity contribution is 0.0639. The van der Waals surface area contributed by atoms with Crippen molar-refractivity contribution in [1.29, 1.82) is 0 Å². The highest BCUT2D eigenvalue weighted by atomic mass is 16.3. The Morgan fingerprint density at radius 2 is 1.80 bits per heavy atom. The van der Waals surface area contributed by atoms with E-state index in [0.717, 1.165) is 50.8 Å². The Labute approximate surface area is 149 Å². The predicted molar refractivity (Wildman–Crippen MR) is 100 cm³/mol. The molecule has 1 aromatic heterocycles. The zero-order chi connectivity index (χ0) is 17.8. The van der Waals surface area contributed by atoms with E-state index in [-0.39, 0.29) is 5.91 Å². The molecule has 0 unspecified atom stereocenters. The Morgan fingerprint density at radius 1 is 1.12 bits per heavy atom. The Hall–Kier alpha value is -2.27. The number of para-hydroxylation sites is 1. The second-order valence-electron chi connectivity index (χ2n) is 6.72. The van der Waals surface area contributed by atoms with Gasteiger partial charge in [-0.1, -0.05) is 18.2 Å². The molecule has 0 bridgehead atoms. The number of hydrogen-bond donors (Lipinski definition) is 0. The monoisotopic (exact) mass is 341 g/mol. The van der Waals surface area contributed by atoms with Gasteiger partial charge in [0.25, 0.3) is 5.91 Å². The number of benzene rings is 1. The molecule has 25 heavy (non-hydrogen) atoms.